The lowest BCUT2D eigenvalue weighted by atomic mass is 10.2. The van der Waals surface area contributed by atoms with Crippen molar-refractivity contribution in [3.63, 3.8) is 0 Å². The topological polar surface area (TPSA) is 50.2 Å². The molecule has 0 aromatic heterocycles. The lowest BCUT2D eigenvalue weighted by Crippen LogP contribution is -2.37. The maximum absolute atomic E-state index is 9.53. The van der Waals surface area contributed by atoms with Crippen molar-refractivity contribution in [2.75, 3.05) is 67.5 Å². The molecule has 0 aromatic rings. The second-order valence-corrected chi connectivity index (χ2v) is 5.45. The van der Waals surface area contributed by atoms with Crippen molar-refractivity contribution in [1.29, 1.82) is 0 Å². The molecule has 5 heteroatoms. The van der Waals surface area contributed by atoms with E-state index in [0.717, 1.165) is 39.0 Å². The minimum atomic E-state index is -0.622. The Balaban J connectivity index is 3.91. The first-order valence-electron chi connectivity index (χ1n) is 6.76. The molecule has 5 nitrogen and oxygen atoms in total. The third-order valence-corrected chi connectivity index (χ3v) is 2.84. The van der Waals surface area contributed by atoms with Crippen LogP contribution in [0, 0.1) is 0 Å². The summed E-state index contributed by atoms with van der Waals surface area (Å²) >= 11 is 0. The molecule has 1 unspecified atom stereocenters. The van der Waals surface area contributed by atoms with Gasteiger partial charge in [-0.1, -0.05) is 0 Å². The summed E-state index contributed by atoms with van der Waals surface area (Å²) < 4.78 is 0. The van der Waals surface area contributed by atoms with Gasteiger partial charge in [0.25, 0.3) is 0 Å². The molecule has 0 amide bonds. The highest BCUT2D eigenvalue weighted by molar-refractivity contribution is 4.65. The molecule has 0 spiro atoms. The fourth-order valence-corrected chi connectivity index (χ4v) is 1.87. The monoisotopic (exact) mass is 261 g/mol. The summed E-state index contributed by atoms with van der Waals surface area (Å²) in [5.74, 6) is 0. The van der Waals surface area contributed by atoms with Gasteiger partial charge in [-0.25, -0.2) is 0 Å². The summed E-state index contributed by atoms with van der Waals surface area (Å²) in [5.41, 5.74) is 0. The highest BCUT2D eigenvalue weighted by atomic mass is 16.3. The van der Waals surface area contributed by atoms with E-state index < -0.39 is 6.10 Å². The molecule has 0 aliphatic heterocycles. The van der Waals surface area contributed by atoms with Gasteiger partial charge in [-0.2, -0.15) is 0 Å². The molecule has 18 heavy (non-hydrogen) atoms. The van der Waals surface area contributed by atoms with E-state index in [0.29, 0.717) is 6.54 Å². The zero-order chi connectivity index (χ0) is 14.0. The molecule has 0 rings (SSSR count). The fourth-order valence-electron chi connectivity index (χ4n) is 1.87. The summed E-state index contributed by atoms with van der Waals surface area (Å²) in [6, 6.07) is 0. The Morgan fingerprint density at radius 3 is 1.61 bits per heavy atom. The van der Waals surface area contributed by atoms with Gasteiger partial charge in [-0.05, 0) is 67.2 Å². The molecule has 1 atom stereocenters. The molecular weight excluding hydrogens is 230 g/mol. The molecule has 0 radical (unpaired) electrons. The SMILES string of the molecule is CN(C)CCCN(CCCN(C)C)CC(O)CO. The van der Waals surface area contributed by atoms with E-state index in [-0.39, 0.29) is 6.61 Å². The highest BCUT2D eigenvalue weighted by Crippen LogP contribution is 1.99. The van der Waals surface area contributed by atoms with Crippen LogP contribution in [0.3, 0.4) is 0 Å². The first-order chi connectivity index (χ1) is 8.45. The number of aliphatic hydroxyl groups excluding tert-OH is 2. The zero-order valence-electron chi connectivity index (χ0n) is 12.5. The summed E-state index contributed by atoms with van der Waals surface area (Å²) in [7, 11) is 8.27. The Morgan fingerprint density at radius 2 is 1.28 bits per heavy atom. The van der Waals surface area contributed by atoms with Gasteiger partial charge >= 0.3 is 0 Å². The van der Waals surface area contributed by atoms with Gasteiger partial charge in [0.2, 0.25) is 0 Å². The van der Waals surface area contributed by atoms with E-state index in [9.17, 15) is 5.11 Å². The number of rotatable bonds is 11. The van der Waals surface area contributed by atoms with Crippen LogP contribution in [0.4, 0.5) is 0 Å². The molecule has 0 saturated heterocycles. The largest absolute Gasteiger partial charge is 0.394 e. The second kappa shape index (κ2) is 10.7. The van der Waals surface area contributed by atoms with Crippen LogP contribution in [0.1, 0.15) is 12.8 Å². The van der Waals surface area contributed by atoms with Gasteiger partial charge in [-0.15, -0.1) is 0 Å². The number of nitrogens with zero attached hydrogens (tertiary/aromatic N) is 3. The highest BCUT2D eigenvalue weighted by Gasteiger charge is 2.10. The molecule has 0 aliphatic carbocycles. The second-order valence-electron chi connectivity index (χ2n) is 5.45. The fraction of sp³-hybridized carbons (Fsp3) is 1.00. The molecule has 0 saturated carbocycles. The number of hydrogen-bond acceptors (Lipinski definition) is 5. The van der Waals surface area contributed by atoms with Gasteiger partial charge in [0.15, 0.2) is 0 Å². The van der Waals surface area contributed by atoms with E-state index in [1.165, 1.54) is 0 Å². The predicted octanol–water partition coefficient (Wildman–Crippen LogP) is -0.455. The Kier molecular flexibility index (Phi) is 10.6. The number of aliphatic hydroxyl groups is 2. The Morgan fingerprint density at radius 1 is 0.833 bits per heavy atom. The van der Waals surface area contributed by atoms with Crippen LogP contribution in [0.2, 0.25) is 0 Å². The van der Waals surface area contributed by atoms with Crippen molar-refractivity contribution < 1.29 is 10.2 Å². The molecule has 0 aliphatic rings. The van der Waals surface area contributed by atoms with Gasteiger partial charge in [0.05, 0.1) is 12.7 Å². The number of hydrogen-bond donors (Lipinski definition) is 2. The van der Waals surface area contributed by atoms with Gasteiger partial charge in [0.1, 0.15) is 0 Å². The smallest absolute Gasteiger partial charge is 0.0897 e. The predicted molar refractivity (Wildman–Crippen MR) is 75.9 cm³/mol. The van der Waals surface area contributed by atoms with E-state index >= 15 is 0 Å². The summed E-state index contributed by atoms with van der Waals surface area (Å²) in [6.45, 7) is 4.47. The average Bonchev–Trinajstić information content (AvgIpc) is 2.27. The maximum atomic E-state index is 9.53. The Bertz CT molecular complexity index is 175. The first kappa shape index (κ1) is 17.8. The van der Waals surface area contributed by atoms with Crippen molar-refractivity contribution in [1.82, 2.24) is 14.7 Å². The third-order valence-electron chi connectivity index (χ3n) is 2.84. The third kappa shape index (κ3) is 10.9. The van der Waals surface area contributed by atoms with E-state index in [2.05, 4.69) is 42.9 Å². The van der Waals surface area contributed by atoms with Crippen LogP contribution in [-0.4, -0.2) is 98.5 Å². The Labute approximate surface area is 112 Å². The quantitative estimate of drug-likeness (QED) is 0.527. The molecule has 110 valence electrons. The minimum absolute atomic E-state index is 0.155. The summed E-state index contributed by atoms with van der Waals surface area (Å²) in [4.78, 5) is 6.58. The summed E-state index contributed by atoms with van der Waals surface area (Å²) in [5, 5.41) is 18.5. The van der Waals surface area contributed by atoms with Gasteiger partial charge in [-0.3, -0.25) is 0 Å². The van der Waals surface area contributed by atoms with E-state index in [1.807, 2.05) is 0 Å². The molecule has 0 bridgehead atoms. The lowest BCUT2D eigenvalue weighted by Gasteiger charge is -2.25. The Hall–Kier alpha value is -0.200. The van der Waals surface area contributed by atoms with Crippen LogP contribution in [0.5, 0.6) is 0 Å². The zero-order valence-corrected chi connectivity index (χ0v) is 12.5. The van der Waals surface area contributed by atoms with Crippen LogP contribution in [0.15, 0.2) is 0 Å². The summed E-state index contributed by atoms with van der Waals surface area (Å²) in [6.07, 6.45) is 1.56. The molecule has 2 N–H and O–H groups in total. The standard InChI is InChI=1S/C13H31N3O2/c1-14(2)7-5-9-16(11-13(18)12-17)10-6-8-15(3)4/h13,17-18H,5-12H2,1-4H3. The average molecular weight is 261 g/mol. The van der Waals surface area contributed by atoms with E-state index in [1.54, 1.807) is 0 Å². The normalized spacial score (nSPS) is 13.8. The van der Waals surface area contributed by atoms with Gasteiger partial charge < -0.3 is 24.9 Å². The lowest BCUT2D eigenvalue weighted by molar-refractivity contribution is 0.0572. The van der Waals surface area contributed by atoms with Gasteiger partial charge in [0, 0.05) is 6.54 Å². The van der Waals surface area contributed by atoms with Crippen LogP contribution in [-0.2, 0) is 0 Å². The van der Waals surface area contributed by atoms with Crippen LogP contribution < -0.4 is 0 Å². The first-order valence-corrected chi connectivity index (χ1v) is 6.76. The van der Waals surface area contributed by atoms with E-state index in [4.69, 9.17) is 5.11 Å². The van der Waals surface area contributed by atoms with Crippen molar-refractivity contribution in [3.05, 3.63) is 0 Å². The minimum Gasteiger partial charge on any atom is -0.394 e. The maximum Gasteiger partial charge on any atom is 0.0897 e. The van der Waals surface area contributed by atoms with Crippen molar-refractivity contribution in [2.45, 2.75) is 18.9 Å². The van der Waals surface area contributed by atoms with Crippen LogP contribution >= 0.6 is 0 Å². The molecule has 0 aromatic carbocycles. The molecule has 0 heterocycles. The van der Waals surface area contributed by atoms with Crippen molar-refractivity contribution in [2.24, 2.45) is 0 Å². The van der Waals surface area contributed by atoms with Crippen molar-refractivity contribution in [3.8, 4) is 0 Å². The van der Waals surface area contributed by atoms with Crippen LogP contribution in [0.25, 0.3) is 0 Å². The molecular formula is C13H31N3O2. The molecule has 0 fully saturated rings. The van der Waals surface area contributed by atoms with Crippen molar-refractivity contribution >= 4 is 0 Å².